The second-order valence-electron chi connectivity index (χ2n) is 19.0. The Kier molecular flexibility index (Phi) is 12.9. The van der Waals surface area contributed by atoms with Gasteiger partial charge in [-0.05, 0) is 62.4 Å². The second-order valence-corrected chi connectivity index (χ2v) is 20.0. The normalized spacial score (nSPS) is 22.9. The fraction of sp³-hybridized carbons (Fsp3) is 0.574. The number of pyridine rings is 1. The predicted octanol–water partition coefficient (Wildman–Crippen LogP) is 5.18. The van der Waals surface area contributed by atoms with Gasteiger partial charge in [0.25, 0.3) is 5.91 Å². The molecule has 0 aliphatic carbocycles. The zero-order valence-electron chi connectivity index (χ0n) is 38.2. The van der Waals surface area contributed by atoms with Gasteiger partial charge in [-0.3, -0.25) is 19.6 Å². The molecule has 4 aliphatic rings. The first kappa shape index (κ1) is 45.6. The molecular formula is C47H62N8O8S. The van der Waals surface area contributed by atoms with Crippen LogP contribution in [-0.4, -0.2) is 130 Å². The maximum atomic E-state index is 14.6. The van der Waals surface area contributed by atoms with Gasteiger partial charge >= 0.3 is 12.0 Å². The van der Waals surface area contributed by atoms with Gasteiger partial charge in [0.05, 0.1) is 48.0 Å². The third-order valence-corrected chi connectivity index (χ3v) is 14.3. The number of hydrazine groups is 1. The lowest BCUT2D eigenvalue weighted by atomic mass is 9.84. The number of cyclic esters (lactones) is 1. The van der Waals surface area contributed by atoms with E-state index in [9.17, 15) is 24.3 Å². The van der Waals surface area contributed by atoms with Gasteiger partial charge in [-0.2, -0.15) is 5.43 Å². The smallest absolute Gasteiger partial charge is 0.355 e. The summed E-state index contributed by atoms with van der Waals surface area (Å²) in [6, 6.07) is 8.00. The van der Waals surface area contributed by atoms with Crippen LogP contribution in [0.1, 0.15) is 76.8 Å². The molecule has 0 unspecified atom stereocenters. The molecule has 4 atom stereocenters. The number of carbonyl (C=O) groups is 4. The van der Waals surface area contributed by atoms with E-state index in [1.807, 2.05) is 46.1 Å². The lowest BCUT2D eigenvalue weighted by Gasteiger charge is -2.48. The van der Waals surface area contributed by atoms with Crippen LogP contribution < -0.4 is 10.7 Å². The van der Waals surface area contributed by atoms with Crippen LogP contribution in [0.25, 0.3) is 33.4 Å². The average molecular weight is 899 g/mol. The van der Waals surface area contributed by atoms with Gasteiger partial charge in [-0.25, -0.2) is 14.6 Å². The molecule has 4 aromatic rings. The highest BCUT2D eigenvalue weighted by atomic mass is 32.1. The minimum Gasteiger partial charge on any atom is -0.462 e. The Morgan fingerprint density at radius 1 is 1.14 bits per heavy atom. The summed E-state index contributed by atoms with van der Waals surface area (Å²) in [6.07, 6.45) is 2.32. The van der Waals surface area contributed by atoms with Crippen molar-refractivity contribution < 1.29 is 38.5 Å². The zero-order chi connectivity index (χ0) is 45.7. The predicted molar refractivity (Wildman–Crippen MR) is 242 cm³/mol. The highest BCUT2D eigenvalue weighted by molar-refractivity contribution is 7.10. The summed E-state index contributed by atoms with van der Waals surface area (Å²) in [5, 5.41) is 19.6. The number of aromatic nitrogens is 3. The van der Waals surface area contributed by atoms with Crippen molar-refractivity contribution in [2.75, 3.05) is 53.6 Å². The number of aliphatic hydroxyl groups is 1. The number of esters is 1. The number of hydrogen-bond donors (Lipinski definition) is 3. The van der Waals surface area contributed by atoms with E-state index in [4.69, 9.17) is 24.2 Å². The number of ether oxygens (including phenoxy) is 3. The third kappa shape index (κ3) is 8.76. The zero-order valence-corrected chi connectivity index (χ0v) is 39.0. The van der Waals surface area contributed by atoms with E-state index in [-0.39, 0.29) is 44.0 Å². The maximum absolute atomic E-state index is 14.6. The Bertz CT molecular complexity index is 2410. The van der Waals surface area contributed by atoms with Crippen LogP contribution in [0.4, 0.5) is 4.79 Å². The summed E-state index contributed by atoms with van der Waals surface area (Å²) in [7, 11) is 3.30. The molecule has 17 heteroatoms. The number of methoxy groups -OCH3 is 1. The van der Waals surface area contributed by atoms with Crippen molar-refractivity contribution in [2.24, 2.45) is 23.2 Å². The number of fused-ring (bicyclic) bond motifs is 6. The quantitative estimate of drug-likeness (QED) is 0.189. The van der Waals surface area contributed by atoms with Crippen molar-refractivity contribution in [3.8, 4) is 22.5 Å². The van der Waals surface area contributed by atoms with E-state index in [1.165, 1.54) is 21.2 Å². The third-order valence-electron chi connectivity index (χ3n) is 13.4. The maximum Gasteiger partial charge on any atom is 0.355 e. The molecule has 7 heterocycles. The number of nitrogens with zero attached hydrogens (tertiary/aromatic N) is 6. The number of thiazole rings is 1. The monoisotopic (exact) mass is 898 g/mol. The number of rotatable bonds is 9. The molecule has 3 fully saturated rings. The Balaban J connectivity index is 1.17. The molecule has 3 saturated heterocycles. The molecule has 64 heavy (non-hydrogen) atoms. The summed E-state index contributed by atoms with van der Waals surface area (Å²) in [6.45, 7) is 15.3. The van der Waals surface area contributed by atoms with E-state index in [1.54, 1.807) is 25.3 Å². The Labute approximate surface area is 378 Å². The molecular weight excluding hydrogens is 837 g/mol. The molecule has 3 aromatic heterocycles. The van der Waals surface area contributed by atoms with Gasteiger partial charge in [0.15, 0.2) is 0 Å². The minimum atomic E-state index is -2.20. The number of aryl methyl sites for hydroxylation is 1. The number of amides is 4. The van der Waals surface area contributed by atoms with Crippen LogP contribution in [0.15, 0.2) is 41.9 Å². The average Bonchev–Trinajstić information content (AvgIpc) is 3.83. The van der Waals surface area contributed by atoms with Crippen molar-refractivity contribution in [1.82, 2.24) is 40.1 Å². The number of hydrogen-bond acceptors (Lipinski definition) is 12. The molecule has 16 nitrogen and oxygen atoms in total. The van der Waals surface area contributed by atoms with Crippen molar-refractivity contribution in [2.45, 2.75) is 97.7 Å². The first-order chi connectivity index (χ1) is 30.5. The molecule has 0 spiro atoms. The van der Waals surface area contributed by atoms with Crippen molar-refractivity contribution in [3.05, 3.63) is 58.2 Å². The minimum absolute atomic E-state index is 0.00868. The van der Waals surface area contributed by atoms with Gasteiger partial charge in [0.1, 0.15) is 12.1 Å². The number of likely N-dealkylation sites (N-methyl/N-ethyl adjacent to an activating group) is 1. The first-order valence-electron chi connectivity index (χ1n) is 22.5. The number of carbonyl (C=O) groups excluding carboxylic acids is 4. The van der Waals surface area contributed by atoms with Crippen molar-refractivity contribution >= 4 is 46.1 Å². The van der Waals surface area contributed by atoms with Crippen molar-refractivity contribution in [1.29, 1.82) is 0 Å². The number of likely N-dealkylation sites (tertiary alicyclic amines) is 1. The Hall–Kier alpha value is -4.94. The molecule has 3 N–H and O–H groups in total. The SMILES string of the molecule is CCn1c(-c2cccnc2[C@H](C)OC)c2c3cc(ccc31)-c1csc(n1)C[C@H](NC(=O)[C@H](C(C)C)N(C)C(=O)N1CC(C3COC3)C1)C(=O)N1CCC[C@@](O)(N1)C(=O)OCC(C)(C)C2. The van der Waals surface area contributed by atoms with Crippen LogP contribution in [0, 0.1) is 23.2 Å². The fourth-order valence-electron chi connectivity index (χ4n) is 9.62. The second kappa shape index (κ2) is 18.1. The van der Waals surface area contributed by atoms with Gasteiger partial charge in [-0.1, -0.05) is 33.8 Å². The van der Waals surface area contributed by atoms with Crippen LogP contribution in [0.3, 0.4) is 0 Å². The highest BCUT2D eigenvalue weighted by Gasteiger charge is 2.46. The summed E-state index contributed by atoms with van der Waals surface area (Å²) < 4.78 is 19.4. The number of benzene rings is 1. The highest BCUT2D eigenvalue weighted by Crippen LogP contribution is 2.42. The van der Waals surface area contributed by atoms with E-state index in [0.29, 0.717) is 62.5 Å². The lowest BCUT2D eigenvalue weighted by molar-refractivity contribution is -0.189. The van der Waals surface area contributed by atoms with Crippen LogP contribution in [0.2, 0.25) is 0 Å². The lowest BCUT2D eigenvalue weighted by Crippen LogP contribution is -2.67. The van der Waals surface area contributed by atoms with Crippen LogP contribution >= 0.6 is 11.3 Å². The van der Waals surface area contributed by atoms with Gasteiger partial charge < -0.3 is 39.0 Å². The summed E-state index contributed by atoms with van der Waals surface area (Å²) >= 11 is 1.38. The van der Waals surface area contributed by atoms with E-state index in [0.717, 1.165) is 44.7 Å². The summed E-state index contributed by atoms with van der Waals surface area (Å²) in [5.41, 5.74) is 6.38. The molecule has 8 rings (SSSR count). The molecule has 1 aromatic carbocycles. The topological polar surface area (TPSA) is 181 Å². The van der Waals surface area contributed by atoms with E-state index < -0.39 is 41.0 Å². The largest absolute Gasteiger partial charge is 0.462 e. The summed E-state index contributed by atoms with van der Waals surface area (Å²) in [4.78, 5) is 69.7. The Morgan fingerprint density at radius 3 is 2.59 bits per heavy atom. The van der Waals surface area contributed by atoms with E-state index in [2.05, 4.69) is 46.5 Å². The van der Waals surface area contributed by atoms with Gasteiger partial charge in [0.2, 0.25) is 11.6 Å². The van der Waals surface area contributed by atoms with Crippen LogP contribution in [0.5, 0.6) is 0 Å². The fourth-order valence-corrected chi connectivity index (χ4v) is 10.5. The molecule has 4 amide bonds. The first-order valence-corrected chi connectivity index (χ1v) is 23.4. The van der Waals surface area contributed by atoms with Crippen LogP contribution in [-0.2, 0) is 48.0 Å². The standard InChI is InChI=1S/C47H62N8O8S/c1-9-54-37-14-13-29-18-33(37)34(41(54)32-12-10-16-48-39(32)28(4)61-8)20-46(5,6)26-63-44(58)47(60)15-11-17-55(51-47)43(57)35(19-38-49-36(29)25-64-38)50-42(56)40(27(2)3)52(7)45(59)53-21-30(22-53)31-23-62-24-31/h10,12-14,16,18,25,27-28,30-31,35,40,51,60H,9,11,15,17,19-24,26H2,1-8H3,(H,50,56)/t28-,35-,40-,47-/m0/s1. The molecule has 0 radical (unpaired) electrons. The van der Waals surface area contributed by atoms with Gasteiger partial charge in [0, 0.05) is 104 Å². The molecule has 344 valence electrons. The van der Waals surface area contributed by atoms with Gasteiger partial charge in [-0.15, -0.1) is 11.3 Å². The Morgan fingerprint density at radius 2 is 1.91 bits per heavy atom. The number of nitrogens with one attached hydrogen (secondary N) is 2. The molecule has 4 aliphatic heterocycles. The van der Waals surface area contributed by atoms with Crippen molar-refractivity contribution in [3.63, 3.8) is 0 Å². The number of urea groups is 1. The molecule has 6 bridgehead atoms. The summed E-state index contributed by atoms with van der Waals surface area (Å²) in [5.74, 6) is -1.40. The van der Waals surface area contributed by atoms with E-state index >= 15 is 0 Å². The molecule has 0 saturated carbocycles.